The van der Waals surface area contributed by atoms with Crippen molar-refractivity contribution in [3.63, 3.8) is 0 Å². The second kappa shape index (κ2) is 6.04. The fraction of sp³-hybridized carbons (Fsp3) is 0.429. The van der Waals surface area contributed by atoms with Gasteiger partial charge in [-0.2, -0.15) is 0 Å². The van der Waals surface area contributed by atoms with E-state index in [9.17, 15) is 9.59 Å². The molecule has 2 aliphatic carbocycles. The van der Waals surface area contributed by atoms with Gasteiger partial charge < -0.3 is 4.90 Å². The van der Waals surface area contributed by atoms with Gasteiger partial charge in [-0.15, -0.1) is 0 Å². The number of hydrogen-bond donors (Lipinski definition) is 0. The zero-order chi connectivity index (χ0) is 16.7. The van der Waals surface area contributed by atoms with Crippen molar-refractivity contribution in [2.24, 2.45) is 0 Å². The van der Waals surface area contributed by atoms with Crippen LogP contribution in [0.4, 0.5) is 0 Å². The maximum absolute atomic E-state index is 12.8. The highest BCUT2D eigenvalue weighted by molar-refractivity contribution is 6.06. The molecular formula is C21H23NO2. The molecule has 124 valence electrons. The minimum absolute atomic E-state index is 0.153. The third-order valence-electron chi connectivity index (χ3n) is 5.54. The lowest BCUT2D eigenvalue weighted by atomic mass is 9.71. The molecule has 1 aliphatic heterocycles. The number of allylic oxidation sites excluding steroid dienone is 4. The summed E-state index contributed by atoms with van der Waals surface area (Å²) in [6, 6.07) is 10.1. The van der Waals surface area contributed by atoms with Crippen LogP contribution < -0.4 is 0 Å². The number of benzene rings is 1. The van der Waals surface area contributed by atoms with Gasteiger partial charge in [0.2, 0.25) is 0 Å². The molecule has 4 rings (SSSR count). The van der Waals surface area contributed by atoms with Gasteiger partial charge in [0.05, 0.1) is 0 Å². The highest BCUT2D eigenvalue weighted by atomic mass is 16.1. The van der Waals surface area contributed by atoms with Crippen molar-refractivity contribution in [1.82, 2.24) is 4.90 Å². The Kier molecular flexibility index (Phi) is 3.87. The Morgan fingerprint density at radius 1 is 0.875 bits per heavy atom. The topological polar surface area (TPSA) is 37.4 Å². The molecule has 0 N–H and O–H groups in total. The first-order valence-electron chi connectivity index (χ1n) is 9.07. The van der Waals surface area contributed by atoms with Gasteiger partial charge in [0.15, 0.2) is 11.6 Å². The minimum atomic E-state index is -0.153. The Morgan fingerprint density at radius 2 is 1.42 bits per heavy atom. The number of hydrogen-bond acceptors (Lipinski definition) is 3. The normalized spacial score (nSPS) is 22.0. The van der Waals surface area contributed by atoms with Gasteiger partial charge in [-0.1, -0.05) is 30.3 Å². The summed E-state index contributed by atoms with van der Waals surface area (Å²) in [5.74, 6) is 0.307. The molecule has 0 radical (unpaired) electrons. The van der Waals surface area contributed by atoms with Crippen LogP contribution in [0.2, 0.25) is 0 Å². The predicted octanol–water partition coefficient (Wildman–Crippen LogP) is 4.12. The van der Waals surface area contributed by atoms with Gasteiger partial charge >= 0.3 is 0 Å². The van der Waals surface area contributed by atoms with E-state index in [4.69, 9.17) is 0 Å². The highest BCUT2D eigenvalue weighted by Crippen LogP contribution is 2.48. The zero-order valence-electron chi connectivity index (χ0n) is 14.2. The Bertz CT molecular complexity index is 713. The van der Waals surface area contributed by atoms with Crippen molar-refractivity contribution in [2.75, 3.05) is 6.54 Å². The molecule has 0 unspecified atom stereocenters. The van der Waals surface area contributed by atoms with Crippen molar-refractivity contribution in [3.8, 4) is 0 Å². The fourth-order valence-electron chi connectivity index (χ4n) is 4.58. The highest BCUT2D eigenvalue weighted by Gasteiger charge is 2.42. The van der Waals surface area contributed by atoms with E-state index in [1.165, 1.54) is 11.4 Å². The summed E-state index contributed by atoms with van der Waals surface area (Å²) in [7, 11) is 0. The second-order valence-electron chi connectivity index (χ2n) is 6.86. The first-order valence-corrected chi connectivity index (χ1v) is 9.07. The summed E-state index contributed by atoms with van der Waals surface area (Å²) in [5, 5.41) is 0. The summed E-state index contributed by atoms with van der Waals surface area (Å²) >= 11 is 0. The van der Waals surface area contributed by atoms with Crippen LogP contribution >= 0.6 is 0 Å². The van der Waals surface area contributed by atoms with Crippen LogP contribution in [0.5, 0.6) is 0 Å². The molecule has 1 aromatic rings. The summed E-state index contributed by atoms with van der Waals surface area (Å²) in [4.78, 5) is 27.9. The monoisotopic (exact) mass is 321 g/mol. The molecule has 3 nitrogen and oxygen atoms in total. The maximum atomic E-state index is 12.8. The van der Waals surface area contributed by atoms with E-state index < -0.39 is 0 Å². The molecule has 0 aromatic heterocycles. The van der Waals surface area contributed by atoms with E-state index >= 15 is 0 Å². The summed E-state index contributed by atoms with van der Waals surface area (Å²) < 4.78 is 0. The molecule has 1 heterocycles. The molecule has 24 heavy (non-hydrogen) atoms. The molecule has 1 aromatic carbocycles. The van der Waals surface area contributed by atoms with Crippen molar-refractivity contribution in [3.05, 3.63) is 58.4 Å². The fourth-order valence-corrected chi connectivity index (χ4v) is 4.58. The number of nitrogens with zero attached hydrogens (tertiary/aromatic N) is 1. The van der Waals surface area contributed by atoms with E-state index in [2.05, 4.69) is 24.0 Å². The molecule has 0 fully saturated rings. The molecule has 0 saturated heterocycles. The number of ketones is 2. The quantitative estimate of drug-likeness (QED) is 0.822. The smallest absolute Gasteiger partial charge is 0.161 e. The van der Waals surface area contributed by atoms with Gasteiger partial charge in [0.1, 0.15) is 0 Å². The van der Waals surface area contributed by atoms with Gasteiger partial charge in [0.25, 0.3) is 0 Å². The molecule has 3 heteroatoms. The van der Waals surface area contributed by atoms with Crippen LogP contribution in [-0.4, -0.2) is 23.0 Å². The number of Topliss-reactive ketones (excluding diaryl/α,β-unsaturated/α-hetero) is 2. The van der Waals surface area contributed by atoms with E-state index in [1.54, 1.807) is 0 Å². The predicted molar refractivity (Wildman–Crippen MR) is 93.3 cm³/mol. The number of carbonyl (C=O) groups excluding carboxylic acids is 2. The van der Waals surface area contributed by atoms with E-state index in [0.717, 1.165) is 48.9 Å². The standard InChI is InChI=1S/C21H23NO2/c1-2-22-15-10-6-12-17(23)20(15)19(14-8-4-3-5-9-14)21-16(22)11-7-13-18(21)24/h3-5,8-9,19H,2,6-7,10-13H2,1H3. The minimum Gasteiger partial charge on any atom is -0.348 e. The van der Waals surface area contributed by atoms with Crippen LogP contribution in [0.25, 0.3) is 0 Å². The molecule has 0 amide bonds. The van der Waals surface area contributed by atoms with Gasteiger partial charge in [-0.3, -0.25) is 9.59 Å². The SMILES string of the molecule is CCN1C2=C(C(=O)CCC2)C(c2ccccc2)C2=C1CCCC2=O. The van der Waals surface area contributed by atoms with Crippen LogP contribution in [0.3, 0.4) is 0 Å². The Labute approximate surface area is 143 Å². The molecule has 0 bridgehead atoms. The maximum Gasteiger partial charge on any atom is 0.161 e. The van der Waals surface area contributed by atoms with Gasteiger partial charge in [0, 0.05) is 47.8 Å². The number of rotatable bonds is 2. The molecule has 0 atom stereocenters. The average Bonchev–Trinajstić information content (AvgIpc) is 2.61. The summed E-state index contributed by atoms with van der Waals surface area (Å²) in [5.41, 5.74) is 5.22. The van der Waals surface area contributed by atoms with E-state index in [0.29, 0.717) is 12.8 Å². The van der Waals surface area contributed by atoms with Gasteiger partial charge in [-0.25, -0.2) is 0 Å². The third kappa shape index (κ3) is 2.26. The first-order chi connectivity index (χ1) is 11.7. The van der Waals surface area contributed by atoms with Crippen LogP contribution in [0.15, 0.2) is 52.9 Å². The van der Waals surface area contributed by atoms with Crippen LogP contribution in [0.1, 0.15) is 56.9 Å². The van der Waals surface area contributed by atoms with Crippen molar-refractivity contribution in [1.29, 1.82) is 0 Å². The average molecular weight is 321 g/mol. The van der Waals surface area contributed by atoms with Crippen LogP contribution in [0, 0.1) is 0 Å². The lowest BCUT2D eigenvalue weighted by molar-refractivity contribution is -0.117. The summed E-state index contributed by atoms with van der Waals surface area (Å²) in [6.07, 6.45) is 4.96. The van der Waals surface area contributed by atoms with Crippen LogP contribution in [-0.2, 0) is 9.59 Å². The van der Waals surface area contributed by atoms with E-state index in [-0.39, 0.29) is 17.5 Å². The molecule has 0 saturated carbocycles. The van der Waals surface area contributed by atoms with Crippen molar-refractivity contribution in [2.45, 2.75) is 51.4 Å². The lowest BCUT2D eigenvalue weighted by Crippen LogP contribution is -2.39. The Hall–Kier alpha value is -2.16. The number of carbonyl (C=O) groups is 2. The molecule has 3 aliphatic rings. The Morgan fingerprint density at radius 3 is 1.92 bits per heavy atom. The largest absolute Gasteiger partial charge is 0.348 e. The third-order valence-corrected chi connectivity index (χ3v) is 5.54. The summed E-state index contributed by atoms with van der Waals surface area (Å²) in [6.45, 7) is 2.95. The van der Waals surface area contributed by atoms with E-state index in [1.807, 2.05) is 18.2 Å². The Balaban J connectivity index is 1.97. The molecular weight excluding hydrogens is 298 g/mol. The van der Waals surface area contributed by atoms with Gasteiger partial charge in [-0.05, 0) is 38.2 Å². The zero-order valence-corrected chi connectivity index (χ0v) is 14.2. The lowest BCUT2D eigenvalue weighted by Gasteiger charge is -2.43. The van der Waals surface area contributed by atoms with Crippen molar-refractivity contribution < 1.29 is 9.59 Å². The molecule has 0 spiro atoms. The second-order valence-corrected chi connectivity index (χ2v) is 6.86. The van der Waals surface area contributed by atoms with Crippen molar-refractivity contribution >= 4 is 11.6 Å². The first kappa shape index (κ1) is 15.4.